The van der Waals surface area contributed by atoms with Gasteiger partial charge in [-0.1, -0.05) is 25.8 Å². The van der Waals surface area contributed by atoms with Crippen LogP contribution in [-0.4, -0.2) is 30.0 Å². The number of rotatable bonds is 13. The van der Waals surface area contributed by atoms with Gasteiger partial charge in [-0.15, -0.1) is 0 Å². The van der Waals surface area contributed by atoms with E-state index in [2.05, 4.69) is 12.4 Å². The molecule has 0 aliphatic carbocycles. The molecule has 0 unspecified atom stereocenters. The minimum absolute atomic E-state index is 0.0171. The molecule has 0 rings (SSSR count). The number of carbonyl (C=O) groups excluding carboxylic acids is 1. The minimum atomic E-state index is -0.788. The molecule has 0 aromatic rings. The van der Waals surface area contributed by atoms with Crippen LogP contribution in [0.5, 0.6) is 0 Å². The number of unbranched alkanes of at least 4 members (excludes halogenated alkanes) is 4. The first-order chi connectivity index (χ1) is 9.16. The largest absolute Gasteiger partial charge is 0.481 e. The normalized spacial score (nSPS) is 11.0. The summed E-state index contributed by atoms with van der Waals surface area (Å²) in [7, 11) is 0. The van der Waals surface area contributed by atoms with Crippen LogP contribution < -0.4 is 5.48 Å². The van der Waals surface area contributed by atoms with Gasteiger partial charge in [0.05, 0.1) is 0 Å². The van der Waals surface area contributed by atoms with E-state index in [4.69, 9.17) is 9.94 Å². The summed E-state index contributed by atoms with van der Waals surface area (Å²) in [5, 5.41) is 8.42. The molecule has 19 heavy (non-hydrogen) atoms. The first kappa shape index (κ1) is 17.8. The van der Waals surface area contributed by atoms with E-state index < -0.39 is 5.97 Å². The number of carbonyl (C=O) groups is 2. The third-order valence-electron chi connectivity index (χ3n) is 2.51. The van der Waals surface area contributed by atoms with Crippen molar-refractivity contribution in [1.29, 1.82) is 0 Å². The second-order valence-corrected chi connectivity index (χ2v) is 4.40. The molecule has 5 nitrogen and oxygen atoms in total. The molecule has 0 saturated heterocycles. The van der Waals surface area contributed by atoms with Gasteiger partial charge in [0.15, 0.2) is 5.78 Å². The van der Waals surface area contributed by atoms with Crippen LogP contribution >= 0.6 is 0 Å². The molecule has 0 spiro atoms. The molecule has 0 aliphatic rings. The quantitative estimate of drug-likeness (QED) is 0.306. The Balaban J connectivity index is 3.31. The Kier molecular flexibility index (Phi) is 12.4. The monoisotopic (exact) mass is 271 g/mol. The number of hydroxylamine groups is 1. The molecular formula is C14H25NO4. The highest BCUT2D eigenvalue weighted by atomic mass is 16.6. The maximum atomic E-state index is 11.3. The van der Waals surface area contributed by atoms with Crippen molar-refractivity contribution in [3.63, 3.8) is 0 Å². The van der Waals surface area contributed by atoms with Crippen molar-refractivity contribution in [3.8, 4) is 0 Å². The van der Waals surface area contributed by atoms with Gasteiger partial charge in [-0.05, 0) is 31.8 Å². The van der Waals surface area contributed by atoms with Crippen LogP contribution in [0.2, 0.25) is 0 Å². The molecule has 0 saturated carbocycles. The standard InChI is InChI=1S/C14H25NO4/c1-2-3-4-5-6-9-13(16)12-19-15-11-8-7-10-14(17)18/h6,9,15H,2-5,7-8,10-12H2,1H3,(H,17,18). The number of carboxylic acid groups (broad SMARTS) is 1. The smallest absolute Gasteiger partial charge is 0.303 e. The molecule has 5 heteroatoms. The lowest BCUT2D eigenvalue weighted by molar-refractivity contribution is -0.137. The summed E-state index contributed by atoms with van der Waals surface area (Å²) >= 11 is 0. The molecule has 0 amide bonds. The van der Waals surface area contributed by atoms with E-state index in [-0.39, 0.29) is 18.8 Å². The van der Waals surface area contributed by atoms with E-state index >= 15 is 0 Å². The van der Waals surface area contributed by atoms with E-state index in [1.165, 1.54) is 12.8 Å². The Bertz CT molecular complexity index is 277. The molecule has 0 heterocycles. The van der Waals surface area contributed by atoms with E-state index in [0.29, 0.717) is 19.4 Å². The van der Waals surface area contributed by atoms with Crippen LogP contribution in [0, 0.1) is 0 Å². The molecule has 0 radical (unpaired) electrons. The lowest BCUT2D eigenvalue weighted by Gasteiger charge is -2.03. The zero-order chi connectivity index (χ0) is 14.3. The van der Waals surface area contributed by atoms with Crippen molar-refractivity contribution in [2.45, 2.75) is 51.9 Å². The summed E-state index contributed by atoms with van der Waals surface area (Å²) in [5.41, 5.74) is 2.65. The second-order valence-electron chi connectivity index (χ2n) is 4.40. The number of carboxylic acids is 1. The summed E-state index contributed by atoms with van der Waals surface area (Å²) in [4.78, 5) is 26.5. The van der Waals surface area contributed by atoms with Gasteiger partial charge in [0, 0.05) is 13.0 Å². The maximum Gasteiger partial charge on any atom is 0.303 e. The van der Waals surface area contributed by atoms with E-state index in [0.717, 1.165) is 12.8 Å². The molecule has 0 bridgehead atoms. The summed E-state index contributed by atoms with van der Waals surface area (Å²) in [6.07, 6.45) is 9.34. The van der Waals surface area contributed by atoms with Gasteiger partial charge in [-0.2, -0.15) is 0 Å². The van der Waals surface area contributed by atoms with Crippen LogP contribution in [0.15, 0.2) is 12.2 Å². The molecule has 0 aliphatic heterocycles. The lowest BCUT2D eigenvalue weighted by atomic mass is 10.2. The maximum absolute atomic E-state index is 11.3. The van der Waals surface area contributed by atoms with E-state index in [1.807, 2.05) is 6.08 Å². The zero-order valence-corrected chi connectivity index (χ0v) is 11.7. The first-order valence-corrected chi connectivity index (χ1v) is 6.92. The Morgan fingerprint density at radius 3 is 2.68 bits per heavy atom. The lowest BCUT2D eigenvalue weighted by Crippen LogP contribution is -2.20. The predicted octanol–water partition coefficient (Wildman–Crippen LogP) is 2.47. The molecule has 110 valence electrons. The molecule has 0 aromatic carbocycles. The fourth-order valence-electron chi connectivity index (χ4n) is 1.44. The van der Waals surface area contributed by atoms with Crippen LogP contribution in [0.3, 0.4) is 0 Å². The van der Waals surface area contributed by atoms with Gasteiger partial charge >= 0.3 is 5.97 Å². The number of nitrogens with one attached hydrogen (secondary N) is 1. The van der Waals surface area contributed by atoms with Crippen molar-refractivity contribution in [1.82, 2.24) is 5.48 Å². The van der Waals surface area contributed by atoms with Crippen molar-refractivity contribution in [2.75, 3.05) is 13.2 Å². The van der Waals surface area contributed by atoms with Crippen LogP contribution in [0.25, 0.3) is 0 Å². The van der Waals surface area contributed by atoms with Crippen LogP contribution in [-0.2, 0) is 14.4 Å². The molecular weight excluding hydrogens is 246 g/mol. The van der Waals surface area contributed by atoms with Crippen molar-refractivity contribution in [2.24, 2.45) is 0 Å². The van der Waals surface area contributed by atoms with Crippen molar-refractivity contribution < 1.29 is 19.5 Å². The summed E-state index contributed by atoms with van der Waals surface area (Å²) in [5.74, 6) is -0.848. The first-order valence-electron chi connectivity index (χ1n) is 6.92. The van der Waals surface area contributed by atoms with Gasteiger partial charge in [0.25, 0.3) is 0 Å². The number of aliphatic carboxylic acids is 1. The predicted molar refractivity (Wildman–Crippen MR) is 73.7 cm³/mol. The fraction of sp³-hybridized carbons (Fsp3) is 0.714. The van der Waals surface area contributed by atoms with E-state index in [1.54, 1.807) is 6.08 Å². The highest BCUT2D eigenvalue weighted by Gasteiger charge is 1.98. The molecule has 0 aromatic heterocycles. The SMILES string of the molecule is CCCCCC=CC(=O)CONCCCCC(=O)O. The third-order valence-corrected chi connectivity index (χ3v) is 2.51. The number of hydrogen-bond acceptors (Lipinski definition) is 4. The van der Waals surface area contributed by atoms with Crippen LogP contribution in [0.1, 0.15) is 51.9 Å². The average Bonchev–Trinajstić information content (AvgIpc) is 2.37. The molecule has 0 atom stereocenters. The number of allylic oxidation sites excluding steroid dienone is 1. The van der Waals surface area contributed by atoms with E-state index in [9.17, 15) is 9.59 Å². The Hall–Kier alpha value is -1.20. The topological polar surface area (TPSA) is 75.6 Å². The second kappa shape index (κ2) is 13.2. The highest BCUT2D eigenvalue weighted by molar-refractivity contribution is 5.90. The summed E-state index contributed by atoms with van der Waals surface area (Å²) < 4.78 is 0. The summed E-state index contributed by atoms with van der Waals surface area (Å²) in [6.45, 7) is 2.72. The van der Waals surface area contributed by atoms with Gasteiger partial charge in [-0.3, -0.25) is 14.4 Å². The summed E-state index contributed by atoms with van der Waals surface area (Å²) in [6, 6.07) is 0. The minimum Gasteiger partial charge on any atom is -0.481 e. The van der Waals surface area contributed by atoms with Gasteiger partial charge in [0.1, 0.15) is 6.61 Å². The van der Waals surface area contributed by atoms with Gasteiger partial charge < -0.3 is 5.11 Å². The van der Waals surface area contributed by atoms with Crippen molar-refractivity contribution in [3.05, 3.63) is 12.2 Å². The molecule has 2 N–H and O–H groups in total. The van der Waals surface area contributed by atoms with Gasteiger partial charge in [-0.25, -0.2) is 5.48 Å². The Labute approximate surface area is 115 Å². The highest BCUT2D eigenvalue weighted by Crippen LogP contribution is 1.99. The van der Waals surface area contributed by atoms with Gasteiger partial charge in [0.2, 0.25) is 0 Å². The number of ketones is 1. The number of hydrogen-bond donors (Lipinski definition) is 2. The zero-order valence-electron chi connectivity index (χ0n) is 11.7. The van der Waals surface area contributed by atoms with Crippen molar-refractivity contribution >= 4 is 11.8 Å². The Morgan fingerprint density at radius 1 is 1.21 bits per heavy atom. The van der Waals surface area contributed by atoms with Crippen LogP contribution in [0.4, 0.5) is 0 Å². The average molecular weight is 271 g/mol. The molecule has 0 fully saturated rings. The fourth-order valence-corrected chi connectivity index (χ4v) is 1.44. The third kappa shape index (κ3) is 14.7. The Morgan fingerprint density at radius 2 is 2.00 bits per heavy atom.